The number of sulfonamides is 1. The van der Waals surface area contributed by atoms with Crippen LogP contribution in [0.5, 0.6) is 0 Å². The quantitative estimate of drug-likeness (QED) is 0.801. The zero-order valence-electron chi connectivity index (χ0n) is 11.9. The first-order chi connectivity index (χ1) is 10.4. The summed E-state index contributed by atoms with van der Waals surface area (Å²) in [6.45, 7) is 2.08. The molecule has 0 fully saturated rings. The van der Waals surface area contributed by atoms with Crippen LogP contribution < -0.4 is 4.31 Å². The Labute approximate surface area is 137 Å². The largest absolute Gasteiger partial charge is 0.294 e. The Morgan fingerprint density at radius 1 is 1.09 bits per heavy atom. The first kappa shape index (κ1) is 15.2. The van der Waals surface area contributed by atoms with E-state index in [0.29, 0.717) is 11.3 Å². The summed E-state index contributed by atoms with van der Waals surface area (Å²) in [4.78, 5) is 12.3. The molecule has 1 aliphatic rings. The maximum atomic E-state index is 12.9. The van der Waals surface area contributed by atoms with E-state index < -0.39 is 10.0 Å². The Hall–Kier alpha value is -1.66. The zero-order valence-corrected chi connectivity index (χ0v) is 14.3. The lowest BCUT2D eigenvalue weighted by molar-refractivity contribution is 0.0982. The van der Waals surface area contributed by atoms with Crippen molar-refractivity contribution in [2.24, 2.45) is 0 Å². The van der Waals surface area contributed by atoms with Crippen molar-refractivity contribution in [1.29, 1.82) is 0 Å². The zero-order chi connectivity index (χ0) is 15.9. The second kappa shape index (κ2) is 5.52. The SMILES string of the molecule is Cc1ccc(S(=O)(=O)N2CCC(=O)c3cc(Br)ccc32)cc1. The highest BCUT2D eigenvalue weighted by atomic mass is 79.9. The Morgan fingerprint density at radius 3 is 2.45 bits per heavy atom. The van der Waals surface area contributed by atoms with Gasteiger partial charge in [-0.3, -0.25) is 9.10 Å². The van der Waals surface area contributed by atoms with Gasteiger partial charge in [0.05, 0.1) is 10.6 Å². The third-order valence-corrected chi connectivity index (χ3v) is 6.00. The Balaban J connectivity index is 2.11. The summed E-state index contributed by atoms with van der Waals surface area (Å²) in [6.07, 6.45) is 0.189. The molecule has 22 heavy (non-hydrogen) atoms. The number of fused-ring (bicyclic) bond motifs is 1. The van der Waals surface area contributed by atoms with Gasteiger partial charge in [-0.2, -0.15) is 0 Å². The summed E-state index contributed by atoms with van der Waals surface area (Å²) < 4.78 is 27.8. The van der Waals surface area contributed by atoms with Gasteiger partial charge in [-0.15, -0.1) is 0 Å². The average Bonchev–Trinajstić information content (AvgIpc) is 2.48. The van der Waals surface area contributed by atoms with E-state index in [2.05, 4.69) is 15.9 Å². The van der Waals surface area contributed by atoms with Crippen LogP contribution in [0.25, 0.3) is 0 Å². The van der Waals surface area contributed by atoms with Crippen LogP contribution in [0.4, 0.5) is 5.69 Å². The fourth-order valence-corrected chi connectivity index (χ4v) is 4.34. The molecule has 0 saturated carbocycles. The molecular weight excluding hydrogens is 366 g/mol. The van der Waals surface area contributed by atoms with Crippen LogP contribution in [0.2, 0.25) is 0 Å². The number of carbonyl (C=O) groups excluding carboxylic acids is 1. The summed E-state index contributed by atoms with van der Waals surface area (Å²) >= 11 is 3.32. The first-order valence-electron chi connectivity index (χ1n) is 6.82. The molecule has 0 unspecified atom stereocenters. The number of nitrogens with zero attached hydrogens (tertiary/aromatic N) is 1. The van der Waals surface area contributed by atoms with Gasteiger partial charge in [0.2, 0.25) is 0 Å². The number of aryl methyl sites for hydroxylation is 1. The van der Waals surface area contributed by atoms with Crippen molar-refractivity contribution in [3.63, 3.8) is 0 Å². The van der Waals surface area contributed by atoms with E-state index in [9.17, 15) is 13.2 Å². The van der Waals surface area contributed by atoms with Crippen LogP contribution in [-0.2, 0) is 10.0 Å². The topological polar surface area (TPSA) is 54.5 Å². The molecule has 0 aromatic heterocycles. The smallest absolute Gasteiger partial charge is 0.264 e. The van der Waals surface area contributed by atoms with Crippen LogP contribution in [0.15, 0.2) is 51.8 Å². The van der Waals surface area contributed by atoms with Crippen LogP contribution in [0, 0.1) is 6.92 Å². The number of ketones is 1. The molecule has 0 spiro atoms. The van der Waals surface area contributed by atoms with Crippen LogP contribution in [0.1, 0.15) is 22.3 Å². The van der Waals surface area contributed by atoms with E-state index >= 15 is 0 Å². The molecule has 0 bridgehead atoms. The van der Waals surface area contributed by atoms with E-state index in [1.54, 1.807) is 42.5 Å². The fraction of sp³-hybridized carbons (Fsp3) is 0.188. The van der Waals surface area contributed by atoms with Gasteiger partial charge in [-0.25, -0.2) is 8.42 Å². The number of hydrogen-bond donors (Lipinski definition) is 0. The number of benzene rings is 2. The maximum absolute atomic E-state index is 12.9. The molecule has 4 nitrogen and oxygen atoms in total. The highest BCUT2D eigenvalue weighted by Gasteiger charge is 2.32. The van der Waals surface area contributed by atoms with Gasteiger partial charge in [-0.1, -0.05) is 33.6 Å². The monoisotopic (exact) mass is 379 g/mol. The standard InChI is InChI=1S/C16H14BrNO3S/c1-11-2-5-13(6-3-11)22(20,21)18-9-8-16(19)14-10-12(17)4-7-15(14)18/h2-7,10H,8-9H2,1H3. The third-order valence-electron chi connectivity index (χ3n) is 3.68. The summed E-state index contributed by atoms with van der Waals surface area (Å²) in [5.41, 5.74) is 1.88. The van der Waals surface area contributed by atoms with Crippen LogP contribution >= 0.6 is 15.9 Å². The van der Waals surface area contributed by atoms with Crippen LogP contribution in [-0.4, -0.2) is 20.7 Å². The molecule has 2 aromatic carbocycles. The minimum absolute atomic E-state index is 0.0355. The number of anilines is 1. The van der Waals surface area contributed by atoms with Crippen molar-refractivity contribution in [2.75, 3.05) is 10.8 Å². The van der Waals surface area contributed by atoms with Gasteiger partial charge < -0.3 is 0 Å². The van der Waals surface area contributed by atoms with Gasteiger partial charge in [0.1, 0.15) is 0 Å². The molecule has 2 aromatic rings. The lowest BCUT2D eigenvalue weighted by Crippen LogP contribution is -2.37. The number of Topliss-reactive ketones (excluding diaryl/α,β-unsaturated/α-hetero) is 1. The second-order valence-electron chi connectivity index (χ2n) is 5.22. The fourth-order valence-electron chi connectivity index (χ4n) is 2.49. The van der Waals surface area contributed by atoms with E-state index in [-0.39, 0.29) is 23.6 Å². The molecule has 0 atom stereocenters. The Kier molecular flexibility index (Phi) is 3.82. The highest BCUT2D eigenvalue weighted by Crippen LogP contribution is 2.33. The van der Waals surface area contributed by atoms with Crippen molar-refractivity contribution < 1.29 is 13.2 Å². The number of hydrogen-bond acceptors (Lipinski definition) is 3. The van der Waals surface area contributed by atoms with Gasteiger partial charge >= 0.3 is 0 Å². The van der Waals surface area contributed by atoms with Crippen LogP contribution in [0.3, 0.4) is 0 Å². The number of halogens is 1. The number of rotatable bonds is 2. The molecule has 0 saturated heterocycles. The summed E-state index contributed by atoms with van der Waals surface area (Å²) in [7, 11) is -3.66. The molecule has 0 aliphatic carbocycles. The second-order valence-corrected chi connectivity index (χ2v) is 8.00. The van der Waals surface area contributed by atoms with Gasteiger partial charge in [0.25, 0.3) is 10.0 Å². The van der Waals surface area contributed by atoms with E-state index in [1.807, 2.05) is 6.92 Å². The van der Waals surface area contributed by atoms with Crippen molar-refractivity contribution in [2.45, 2.75) is 18.2 Å². The molecule has 1 heterocycles. The van der Waals surface area contributed by atoms with E-state index in [0.717, 1.165) is 10.0 Å². The van der Waals surface area contributed by atoms with Crippen molar-refractivity contribution in [3.05, 3.63) is 58.1 Å². The lowest BCUT2D eigenvalue weighted by atomic mass is 10.0. The number of carbonyl (C=O) groups is 1. The molecule has 0 amide bonds. The minimum Gasteiger partial charge on any atom is -0.294 e. The van der Waals surface area contributed by atoms with Crippen molar-refractivity contribution in [3.8, 4) is 0 Å². The average molecular weight is 380 g/mol. The molecule has 6 heteroatoms. The van der Waals surface area contributed by atoms with Crippen molar-refractivity contribution in [1.82, 2.24) is 0 Å². The van der Waals surface area contributed by atoms with Gasteiger partial charge in [-0.05, 0) is 37.3 Å². The van der Waals surface area contributed by atoms with Gasteiger partial charge in [0.15, 0.2) is 5.78 Å². The van der Waals surface area contributed by atoms with E-state index in [1.165, 1.54) is 4.31 Å². The highest BCUT2D eigenvalue weighted by molar-refractivity contribution is 9.10. The molecule has 3 rings (SSSR count). The Bertz CT molecular complexity index is 844. The maximum Gasteiger partial charge on any atom is 0.264 e. The third kappa shape index (κ3) is 2.57. The predicted octanol–water partition coefficient (Wildman–Crippen LogP) is 3.54. The molecule has 1 aliphatic heterocycles. The summed E-state index contributed by atoms with van der Waals surface area (Å²) in [5.74, 6) is -0.0355. The molecule has 0 N–H and O–H groups in total. The molecule has 0 radical (unpaired) electrons. The normalized spacial score (nSPS) is 14.8. The minimum atomic E-state index is -3.66. The molecule has 114 valence electrons. The summed E-state index contributed by atoms with van der Waals surface area (Å²) in [6, 6.07) is 11.8. The molecular formula is C16H14BrNO3S. The lowest BCUT2D eigenvalue weighted by Gasteiger charge is -2.29. The van der Waals surface area contributed by atoms with Gasteiger partial charge in [0, 0.05) is 23.0 Å². The van der Waals surface area contributed by atoms with Crippen molar-refractivity contribution >= 4 is 37.4 Å². The Morgan fingerprint density at radius 2 is 1.77 bits per heavy atom. The van der Waals surface area contributed by atoms with E-state index in [4.69, 9.17) is 0 Å². The first-order valence-corrected chi connectivity index (χ1v) is 9.05. The summed E-state index contributed by atoms with van der Waals surface area (Å²) in [5, 5.41) is 0. The predicted molar refractivity (Wildman–Crippen MR) is 88.8 cm³/mol.